The van der Waals surface area contributed by atoms with E-state index in [0.717, 1.165) is 6.61 Å². The maximum atomic E-state index is 5.99. The van der Waals surface area contributed by atoms with Crippen LogP contribution in [0.4, 0.5) is 0 Å². The van der Waals surface area contributed by atoms with Crippen LogP contribution in [0.25, 0.3) is 0 Å². The van der Waals surface area contributed by atoms with E-state index in [2.05, 4.69) is 33.9 Å². The van der Waals surface area contributed by atoms with Crippen LogP contribution < -0.4 is 0 Å². The molecule has 0 aliphatic carbocycles. The molecule has 0 spiro atoms. The zero-order chi connectivity index (χ0) is 9.83. The molecule has 0 bridgehead atoms. The Morgan fingerprint density at radius 2 is 1.69 bits per heavy atom. The molecule has 0 saturated heterocycles. The van der Waals surface area contributed by atoms with Gasteiger partial charge < -0.3 is 0 Å². The quantitative estimate of drug-likeness (QED) is 0.563. The van der Waals surface area contributed by atoms with E-state index < -0.39 is 8.32 Å². The van der Waals surface area contributed by atoms with E-state index >= 15 is 0 Å². The molecule has 13 heavy (non-hydrogen) atoms. The first-order valence-corrected chi connectivity index (χ1v) is 9.75. The van der Waals surface area contributed by atoms with Gasteiger partial charge in [0.15, 0.2) is 0 Å². The second-order valence-corrected chi connectivity index (χ2v) is 11.1. The van der Waals surface area contributed by atoms with Gasteiger partial charge in [-0.05, 0) is 0 Å². The molecule has 0 radical (unpaired) electrons. The first kappa shape index (κ1) is 16.7. The molecule has 0 aromatic carbocycles. The second-order valence-electron chi connectivity index (χ2n) is 4.82. The normalized spacial score (nSPS) is 12.5. The first-order valence-electron chi connectivity index (χ1n) is 4.74. The zero-order valence-corrected chi connectivity index (χ0v) is 15.3. The summed E-state index contributed by atoms with van der Waals surface area (Å²) in [5, 5.41) is 1.73. The van der Waals surface area contributed by atoms with Crippen molar-refractivity contribution in [3.63, 3.8) is 0 Å². The van der Waals surface area contributed by atoms with Crippen molar-refractivity contribution in [2.24, 2.45) is 0 Å². The topological polar surface area (TPSA) is 9.23 Å². The molecule has 4 heteroatoms. The van der Waals surface area contributed by atoms with Gasteiger partial charge in [-0.2, -0.15) is 0 Å². The molecule has 77 valence electrons. The van der Waals surface area contributed by atoms with Gasteiger partial charge in [-0.1, -0.05) is 0 Å². The molecule has 0 amide bonds. The maximum absolute atomic E-state index is 5.99. The van der Waals surface area contributed by atoms with Crippen LogP contribution in [-0.4, -0.2) is 14.9 Å². The predicted molar refractivity (Wildman–Crippen MR) is 62.9 cm³/mol. The van der Waals surface area contributed by atoms with E-state index in [9.17, 15) is 0 Å². The summed E-state index contributed by atoms with van der Waals surface area (Å²) in [6.07, 6.45) is 1.26. The van der Waals surface area contributed by atoms with Gasteiger partial charge in [0.1, 0.15) is 0 Å². The first-order chi connectivity index (χ1) is 5.31. The van der Waals surface area contributed by atoms with Gasteiger partial charge in [-0.25, -0.2) is 0 Å². The fraction of sp³-hybridized carbons (Fsp3) is 1.00. The van der Waals surface area contributed by atoms with Crippen LogP contribution in [0.3, 0.4) is 0 Å². The number of halogens is 1. The van der Waals surface area contributed by atoms with Gasteiger partial charge in [0.2, 0.25) is 0 Å². The number of hydrogen-bond acceptors (Lipinski definition) is 1. The third-order valence-electron chi connectivity index (χ3n) is 2.66. The third kappa shape index (κ3) is 6.38. The average Bonchev–Trinajstić information content (AvgIpc) is 1.85. The average molecular weight is 320 g/mol. The summed E-state index contributed by atoms with van der Waals surface area (Å²) in [6.45, 7) is 12.5. The van der Waals surface area contributed by atoms with E-state index in [1.807, 2.05) is 0 Å². The van der Waals surface area contributed by atoms with Crippen molar-refractivity contribution in [2.75, 3.05) is 6.61 Å². The van der Waals surface area contributed by atoms with Crippen LogP contribution in [0.5, 0.6) is 0 Å². The van der Waals surface area contributed by atoms with Crippen molar-refractivity contribution in [3.8, 4) is 0 Å². The monoisotopic (exact) mass is 317 g/mol. The van der Waals surface area contributed by atoms with Gasteiger partial charge in [0.05, 0.1) is 0 Å². The minimum atomic E-state index is -1.43. The molecule has 0 unspecified atom stereocenters. The van der Waals surface area contributed by atoms with E-state index in [1.165, 1.54) is 29.7 Å². The van der Waals surface area contributed by atoms with Crippen LogP contribution in [-0.2, 0) is 22.7 Å². The van der Waals surface area contributed by atoms with Crippen LogP contribution >= 0.6 is 17.0 Å². The fourth-order valence-electron chi connectivity index (χ4n) is 0.646. The van der Waals surface area contributed by atoms with Crippen molar-refractivity contribution < 1.29 is 22.7 Å². The molecule has 0 aliphatic heterocycles. The third-order valence-corrected chi connectivity index (χ3v) is 8.25. The Hall–Kier alpha value is 1.28. The van der Waals surface area contributed by atoms with E-state index in [-0.39, 0.29) is 17.0 Å². The number of hydrogen-bond donors (Lipinski definition) is 0. The van der Waals surface area contributed by atoms with Crippen LogP contribution in [0.15, 0.2) is 0 Å². The van der Waals surface area contributed by atoms with Crippen molar-refractivity contribution in [2.45, 2.75) is 50.3 Å². The molecular weight excluding hydrogens is 297 g/mol. The molecule has 0 fully saturated rings. The summed E-state index contributed by atoms with van der Waals surface area (Å²) >= 11 is 1.40. The Morgan fingerprint density at radius 3 is 2.00 bits per heavy atom. The summed E-state index contributed by atoms with van der Waals surface area (Å²) in [6, 6.07) is 0. The van der Waals surface area contributed by atoms with Crippen LogP contribution in [0.2, 0.25) is 23.1 Å². The van der Waals surface area contributed by atoms with Gasteiger partial charge in [0.25, 0.3) is 0 Å². The molecule has 0 aliphatic rings. The van der Waals surface area contributed by atoms with Crippen molar-refractivity contribution in [1.82, 2.24) is 0 Å². The van der Waals surface area contributed by atoms with Crippen molar-refractivity contribution in [1.29, 1.82) is 0 Å². The standard InChI is InChI=1S/C9H21OSi.BrH.Zn/c1-7-8-10-11(5,6)9(2,3)4;;/h1,7-8H2,2-6H3;1H;. The zero-order valence-electron chi connectivity index (χ0n) is 9.64. The van der Waals surface area contributed by atoms with Crippen molar-refractivity contribution in [3.05, 3.63) is 0 Å². The predicted octanol–water partition coefficient (Wildman–Crippen LogP) is 3.94. The van der Waals surface area contributed by atoms with Gasteiger partial charge in [0, 0.05) is 0 Å². The summed E-state index contributed by atoms with van der Waals surface area (Å²) in [5.74, 6) is 0. The van der Waals surface area contributed by atoms with Crippen LogP contribution in [0, 0.1) is 0 Å². The molecule has 0 aromatic rings. The number of rotatable bonds is 4. The van der Waals surface area contributed by atoms with Crippen LogP contribution in [0.1, 0.15) is 27.2 Å². The minimum absolute atomic E-state index is 0. The van der Waals surface area contributed by atoms with E-state index in [0.29, 0.717) is 5.04 Å². The summed E-state index contributed by atoms with van der Waals surface area (Å²) in [5.41, 5.74) is 0. The molecule has 0 N–H and O–H groups in total. The van der Waals surface area contributed by atoms with Crippen molar-refractivity contribution >= 4 is 25.3 Å². The fourth-order valence-corrected chi connectivity index (χ4v) is 2.16. The summed E-state index contributed by atoms with van der Waals surface area (Å²) in [7, 11) is -1.43. The SMILES string of the molecule is Br.CC(C)(C)[Si](C)(C)OCC[CH2][Zn]. The molecule has 0 saturated carbocycles. The molecule has 0 rings (SSSR count). The van der Waals surface area contributed by atoms with Gasteiger partial charge in [-0.15, -0.1) is 17.0 Å². The van der Waals surface area contributed by atoms with E-state index in [1.54, 1.807) is 0 Å². The molecule has 0 atom stereocenters. The Labute approximate surface area is 105 Å². The summed E-state index contributed by atoms with van der Waals surface area (Å²) in [4.78, 5) is 0. The Kier molecular flexibility index (Phi) is 8.62. The van der Waals surface area contributed by atoms with Gasteiger partial charge >= 0.3 is 88.0 Å². The molecule has 1 nitrogen and oxygen atoms in total. The summed E-state index contributed by atoms with van der Waals surface area (Å²) < 4.78 is 5.99. The molecule has 0 aromatic heterocycles. The van der Waals surface area contributed by atoms with Gasteiger partial charge in [-0.3, -0.25) is 0 Å². The Bertz CT molecular complexity index is 134. The Balaban J connectivity index is 0. The van der Waals surface area contributed by atoms with E-state index in [4.69, 9.17) is 4.43 Å². The molecule has 0 heterocycles. The second kappa shape index (κ2) is 6.71. The molecular formula is C9H22BrOSiZn. The Morgan fingerprint density at radius 1 is 1.23 bits per heavy atom.